The monoisotopic (exact) mass is 183 g/mol. The molecule has 0 saturated carbocycles. The van der Waals surface area contributed by atoms with Crippen LogP contribution in [-0.2, 0) is 0 Å². The van der Waals surface area contributed by atoms with Gasteiger partial charge in [-0.3, -0.25) is 0 Å². The summed E-state index contributed by atoms with van der Waals surface area (Å²) in [5.74, 6) is 2.57. The van der Waals surface area contributed by atoms with E-state index in [9.17, 15) is 0 Å². The quantitative estimate of drug-likeness (QED) is 0.604. The fourth-order valence-corrected chi connectivity index (χ4v) is 1.18. The first kappa shape index (κ1) is 10.3. The highest BCUT2D eigenvalue weighted by Crippen LogP contribution is 2.14. The van der Waals surface area contributed by atoms with Crippen molar-refractivity contribution >= 4 is 5.71 Å². The molecule has 1 rings (SSSR count). The molecule has 0 heterocycles. The minimum absolute atomic E-state index is 0.505. The molecule has 0 aromatic rings. The second kappa shape index (κ2) is 4.43. The molecule has 0 aromatic carbocycles. The number of hydrogen-bond acceptors (Lipinski definition) is 1. The molecule has 1 heteroatoms. The van der Waals surface area contributed by atoms with Gasteiger partial charge in [0, 0.05) is 11.1 Å². The van der Waals surface area contributed by atoms with Gasteiger partial charge in [-0.25, -0.2) is 0 Å². The molecule has 1 nitrogen and oxygen atoms in total. The second-order valence-corrected chi connectivity index (χ2v) is 3.12. The minimum atomic E-state index is 0.505. The van der Waals surface area contributed by atoms with E-state index >= 15 is 0 Å². The van der Waals surface area contributed by atoms with Gasteiger partial charge in [0.1, 0.15) is 0 Å². The van der Waals surface area contributed by atoms with Crippen LogP contribution in [0.15, 0.2) is 47.1 Å². The molecule has 0 amide bonds. The molecule has 0 aliphatic heterocycles. The van der Waals surface area contributed by atoms with Gasteiger partial charge < -0.3 is 5.41 Å². The van der Waals surface area contributed by atoms with E-state index < -0.39 is 0 Å². The Hall–Kier alpha value is -1.81. The predicted octanol–water partition coefficient (Wildman–Crippen LogP) is 3.03. The highest BCUT2D eigenvalue weighted by atomic mass is 14.4. The van der Waals surface area contributed by atoms with Crippen molar-refractivity contribution in [2.45, 2.75) is 13.8 Å². The predicted molar refractivity (Wildman–Crippen MR) is 61.3 cm³/mol. The van der Waals surface area contributed by atoms with E-state index in [0.29, 0.717) is 5.71 Å². The van der Waals surface area contributed by atoms with E-state index in [0.717, 1.165) is 16.7 Å². The van der Waals surface area contributed by atoms with Crippen LogP contribution in [0.1, 0.15) is 13.8 Å². The Morgan fingerprint density at radius 2 is 2.21 bits per heavy atom. The number of nitrogens with one attached hydrogen (secondary N) is 1. The summed E-state index contributed by atoms with van der Waals surface area (Å²) in [6, 6.07) is 0. The van der Waals surface area contributed by atoms with Crippen LogP contribution in [0.3, 0.4) is 0 Å². The lowest BCUT2D eigenvalue weighted by atomic mass is 9.99. The van der Waals surface area contributed by atoms with E-state index in [4.69, 9.17) is 11.8 Å². The largest absolute Gasteiger partial charge is 0.300 e. The van der Waals surface area contributed by atoms with Gasteiger partial charge >= 0.3 is 0 Å². The first-order valence-corrected chi connectivity index (χ1v) is 4.47. The summed E-state index contributed by atoms with van der Waals surface area (Å²) < 4.78 is 0. The lowest BCUT2D eigenvalue weighted by Gasteiger charge is -2.07. The van der Waals surface area contributed by atoms with Gasteiger partial charge in [-0.1, -0.05) is 23.6 Å². The van der Waals surface area contributed by atoms with Gasteiger partial charge in [0.05, 0.1) is 5.71 Å². The highest BCUT2D eigenvalue weighted by Gasteiger charge is 2.04. The number of rotatable bonds is 1. The molecule has 1 aliphatic rings. The number of allylic oxidation sites excluding steroid dienone is 8. The molecule has 70 valence electrons. The minimum Gasteiger partial charge on any atom is -0.300 e. The van der Waals surface area contributed by atoms with Gasteiger partial charge in [0.2, 0.25) is 0 Å². The molecule has 1 aliphatic carbocycles. The van der Waals surface area contributed by atoms with E-state index in [1.807, 2.05) is 38.2 Å². The number of terminal acetylenes is 1. The fraction of sp³-hybridized carbons (Fsp3) is 0.154. The van der Waals surface area contributed by atoms with E-state index in [-0.39, 0.29) is 0 Å². The van der Waals surface area contributed by atoms with Crippen molar-refractivity contribution in [1.82, 2.24) is 0 Å². The Bertz CT molecular complexity index is 409. The maximum atomic E-state index is 7.68. The average molecular weight is 183 g/mol. The first-order valence-electron chi connectivity index (χ1n) is 4.47. The summed E-state index contributed by atoms with van der Waals surface area (Å²) in [6.07, 6.45) is 14.7. The summed E-state index contributed by atoms with van der Waals surface area (Å²) in [4.78, 5) is 0. The Labute approximate surface area is 85.0 Å². The molecule has 0 bridgehead atoms. The van der Waals surface area contributed by atoms with Crippen LogP contribution in [0, 0.1) is 17.8 Å². The van der Waals surface area contributed by atoms with Crippen LogP contribution in [0.5, 0.6) is 0 Å². The molecule has 0 fully saturated rings. The highest BCUT2D eigenvalue weighted by molar-refractivity contribution is 6.10. The van der Waals surface area contributed by atoms with Crippen molar-refractivity contribution in [2.75, 3.05) is 0 Å². The van der Waals surface area contributed by atoms with Crippen LogP contribution in [0.4, 0.5) is 0 Å². The van der Waals surface area contributed by atoms with E-state index in [1.165, 1.54) is 0 Å². The topological polar surface area (TPSA) is 23.9 Å². The van der Waals surface area contributed by atoms with Crippen LogP contribution in [0.2, 0.25) is 0 Å². The van der Waals surface area contributed by atoms with Gasteiger partial charge in [-0.05, 0) is 32.1 Å². The van der Waals surface area contributed by atoms with Crippen molar-refractivity contribution in [3.8, 4) is 12.3 Å². The van der Waals surface area contributed by atoms with Crippen LogP contribution >= 0.6 is 0 Å². The molecule has 0 radical (unpaired) electrons. The van der Waals surface area contributed by atoms with E-state index in [2.05, 4.69) is 5.92 Å². The van der Waals surface area contributed by atoms with Crippen LogP contribution in [-0.4, -0.2) is 5.71 Å². The molecular formula is C13H13N. The zero-order chi connectivity index (χ0) is 10.6. The van der Waals surface area contributed by atoms with Gasteiger partial charge in [0.25, 0.3) is 0 Å². The summed E-state index contributed by atoms with van der Waals surface area (Å²) in [5, 5.41) is 7.68. The molecule has 0 saturated heterocycles. The third-order valence-corrected chi connectivity index (χ3v) is 2.00. The lowest BCUT2D eigenvalue weighted by molar-refractivity contribution is 1.42. The van der Waals surface area contributed by atoms with Crippen molar-refractivity contribution in [2.24, 2.45) is 0 Å². The van der Waals surface area contributed by atoms with Crippen molar-refractivity contribution in [3.63, 3.8) is 0 Å². The number of hydrogen-bond donors (Lipinski definition) is 1. The van der Waals surface area contributed by atoms with Crippen LogP contribution < -0.4 is 0 Å². The third kappa shape index (κ3) is 2.34. The maximum absolute atomic E-state index is 7.68. The maximum Gasteiger partial charge on any atom is 0.0612 e. The Morgan fingerprint density at radius 1 is 1.50 bits per heavy atom. The fourth-order valence-electron chi connectivity index (χ4n) is 1.18. The standard InChI is InChI=1S/C13H13N/c1-4-11(5-2)9-12-8-10(3)6-7-13(12)14/h1,5-9,14H,2-3H3. The lowest BCUT2D eigenvalue weighted by Crippen LogP contribution is -2.00. The first-order chi connectivity index (χ1) is 6.67. The SMILES string of the molecule is C#CC(=CC)C=C1C=C(C)C=CC1=N. The van der Waals surface area contributed by atoms with Gasteiger partial charge in [0.15, 0.2) is 0 Å². The zero-order valence-corrected chi connectivity index (χ0v) is 8.46. The Balaban J connectivity index is 3.06. The zero-order valence-electron chi connectivity index (χ0n) is 8.46. The average Bonchev–Trinajstić information content (AvgIpc) is 2.19. The van der Waals surface area contributed by atoms with Gasteiger partial charge in [-0.15, -0.1) is 6.42 Å². The molecular weight excluding hydrogens is 170 g/mol. The summed E-state index contributed by atoms with van der Waals surface area (Å²) in [5.41, 5.74) is 3.32. The summed E-state index contributed by atoms with van der Waals surface area (Å²) in [7, 11) is 0. The summed E-state index contributed by atoms with van der Waals surface area (Å²) in [6.45, 7) is 3.90. The molecule has 14 heavy (non-hydrogen) atoms. The molecule has 0 aromatic heterocycles. The molecule has 0 unspecified atom stereocenters. The van der Waals surface area contributed by atoms with Crippen molar-refractivity contribution in [3.05, 3.63) is 47.1 Å². The third-order valence-electron chi connectivity index (χ3n) is 2.00. The Kier molecular flexibility index (Phi) is 3.25. The van der Waals surface area contributed by atoms with Crippen LogP contribution in [0.25, 0.3) is 0 Å². The van der Waals surface area contributed by atoms with E-state index in [1.54, 1.807) is 6.08 Å². The summed E-state index contributed by atoms with van der Waals surface area (Å²) >= 11 is 0. The molecule has 0 atom stereocenters. The Morgan fingerprint density at radius 3 is 2.79 bits per heavy atom. The van der Waals surface area contributed by atoms with Crippen molar-refractivity contribution in [1.29, 1.82) is 5.41 Å². The second-order valence-electron chi connectivity index (χ2n) is 3.12. The smallest absolute Gasteiger partial charge is 0.0612 e. The van der Waals surface area contributed by atoms with Gasteiger partial charge in [-0.2, -0.15) is 0 Å². The molecule has 1 N–H and O–H groups in total. The van der Waals surface area contributed by atoms with Crippen molar-refractivity contribution < 1.29 is 0 Å². The normalized spacial score (nSPS) is 19.5. The molecule has 0 spiro atoms.